The second-order valence-electron chi connectivity index (χ2n) is 11.8. The van der Waals surface area contributed by atoms with Crippen molar-refractivity contribution in [2.75, 3.05) is 18.4 Å². The van der Waals surface area contributed by atoms with E-state index in [1.54, 1.807) is 0 Å². The Kier molecular flexibility index (Phi) is 5.36. The first-order chi connectivity index (χ1) is 16.0. The van der Waals surface area contributed by atoms with Gasteiger partial charge in [-0.15, -0.1) is 0 Å². The maximum absolute atomic E-state index is 13.4. The van der Waals surface area contributed by atoms with Crippen LogP contribution in [0.25, 0.3) is 10.8 Å². The molecule has 33 heavy (non-hydrogen) atoms. The number of fused-ring (bicyclic) bond motifs is 1. The molecule has 1 unspecified atom stereocenters. The molecule has 7 rings (SSSR count). The molecule has 2 N–H and O–H groups in total. The Morgan fingerprint density at radius 2 is 1.73 bits per heavy atom. The molecule has 176 valence electrons. The van der Waals surface area contributed by atoms with Gasteiger partial charge in [0.25, 0.3) is 5.56 Å². The van der Waals surface area contributed by atoms with Crippen molar-refractivity contribution < 1.29 is 4.79 Å². The van der Waals surface area contributed by atoms with Crippen LogP contribution in [0.1, 0.15) is 70.8 Å². The fourth-order valence-electron chi connectivity index (χ4n) is 8.32. The molecule has 4 bridgehead atoms. The molecule has 1 aliphatic heterocycles. The molecule has 1 amide bonds. The highest BCUT2D eigenvalue weighted by atomic mass is 16.1. The van der Waals surface area contributed by atoms with Gasteiger partial charge >= 0.3 is 0 Å². The SMILES string of the molecule is CC(C1CCNCC1)n1ccc2c(NC(=O)CC34CC5CC(CC(C5)C3)C4)cccc2c1=O. The summed E-state index contributed by atoms with van der Waals surface area (Å²) in [5.41, 5.74) is 1.05. The van der Waals surface area contributed by atoms with E-state index in [4.69, 9.17) is 0 Å². The molecule has 0 radical (unpaired) electrons. The Morgan fingerprint density at radius 1 is 1.06 bits per heavy atom. The van der Waals surface area contributed by atoms with Gasteiger partial charge < -0.3 is 15.2 Å². The molecular weight excluding hydrogens is 410 g/mol. The van der Waals surface area contributed by atoms with Crippen LogP contribution in [0.3, 0.4) is 0 Å². The maximum Gasteiger partial charge on any atom is 0.258 e. The average Bonchev–Trinajstić information content (AvgIpc) is 2.78. The molecule has 5 heteroatoms. The summed E-state index contributed by atoms with van der Waals surface area (Å²) in [5, 5.41) is 8.17. The molecule has 1 aromatic heterocycles. The highest BCUT2D eigenvalue weighted by molar-refractivity contribution is 6.02. The summed E-state index contributed by atoms with van der Waals surface area (Å²) in [6.07, 6.45) is 12.7. The van der Waals surface area contributed by atoms with Crippen LogP contribution >= 0.6 is 0 Å². The highest BCUT2D eigenvalue weighted by Gasteiger charge is 2.51. The quantitative estimate of drug-likeness (QED) is 0.670. The molecule has 5 nitrogen and oxygen atoms in total. The molecule has 5 fully saturated rings. The van der Waals surface area contributed by atoms with Gasteiger partial charge in [-0.2, -0.15) is 0 Å². The van der Waals surface area contributed by atoms with Crippen LogP contribution in [0.4, 0.5) is 5.69 Å². The van der Waals surface area contributed by atoms with Crippen LogP contribution in [-0.4, -0.2) is 23.6 Å². The zero-order valence-electron chi connectivity index (χ0n) is 19.8. The van der Waals surface area contributed by atoms with E-state index >= 15 is 0 Å². The van der Waals surface area contributed by atoms with Gasteiger partial charge in [-0.3, -0.25) is 9.59 Å². The van der Waals surface area contributed by atoms with Crippen molar-refractivity contribution in [2.24, 2.45) is 29.1 Å². The van der Waals surface area contributed by atoms with E-state index in [-0.39, 0.29) is 22.9 Å². The number of hydrogen-bond acceptors (Lipinski definition) is 3. The number of aromatic nitrogens is 1. The van der Waals surface area contributed by atoms with Crippen molar-refractivity contribution in [1.82, 2.24) is 9.88 Å². The minimum Gasteiger partial charge on any atom is -0.325 e. The standard InChI is InChI=1S/C28H37N3O2/c1-18(22-5-8-29-9-6-22)31-10-7-23-24(27(31)33)3-2-4-25(23)30-26(32)17-28-14-19-11-20(15-28)13-21(12-19)16-28/h2-4,7,10,18-22,29H,5-6,8-9,11-17H2,1H3,(H,30,32). The Hall–Kier alpha value is -2.14. The topological polar surface area (TPSA) is 63.1 Å². The third-order valence-electron chi connectivity index (χ3n) is 9.45. The smallest absolute Gasteiger partial charge is 0.258 e. The van der Waals surface area contributed by atoms with Crippen LogP contribution in [0.15, 0.2) is 35.3 Å². The first-order valence-electron chi connectivity index (χ1n) is 13.1. The van der Waals surface area contributed by atoms with Crippen LogP contribution in [0.2, 0.25) is 0 Å². The summed E-state index contributed by atoms with van der Waals surface area (Å²) in [7, 11) is 0. The van der Waals surface area contributed by atoms with Crippen LogP contribution < -0.4 is 16.2 Å². The van der Waals surface area contributed by atoms with Gasteiger partial charge in [0.2, 0.25) is 5.91 Å². The minimum absolute atomic E-state index is 0.0516. The van der Waals surface area contributed by atoms with Crippen molar-refractivity contribution in [3.63, 3.8) is 0 Å². The van der Waals surface area contributed by atoms with Crippen LogP contribution in [0.5, 0.6) is 0 Å². The lowest BCUT2D eigenvalue weighted by Gasteiger charge is -2.56. The Balaban J connectivity index is 1.22. The molecule has 4 aliphatic carbocycles. The van der Waals surface area contributed by atoms with E-state index in [2.05, 4.69) is 17.6 Å². The summed E-state index contributed by atoms with van der Waals surface area (Å²) >= 11 is 0. The highest BCUT2D eigenvalue weighted by Crippen LogP contribution is 2.61. The number of anilines is 1. The van der Waals surface area contributed by atoms with Crippen LogP contribution in [-0.2, 0) is 4.79 Å². The number of carbonyl (C=O) groups is 1. The second kappa shape index (κ2) is 8.26. The number of amides is 1. The van der Waals surface area contributed by atoms with Gasteiger partial charge in [0.15, 0.2) is 0 Å². The molecule has 2 heterocycles. The lowest BCUT2D eigenvalue weighted by atomic mass is 9.49. The Morgan fingerprint density at radius 3 is 2.39 bits per heavy atom. The van der Waals surface area contributed by atoms with E-state index in [0.29, 0.717) is 17.7 Å². The number of carbonyl (C=O) groups excluding carboxylic acids is 1. The molecule has 2 aromatic rings. The van der Waals surface area contributed by atoms with Crippen molar-refractivity contribution in [3.8, 4) is 0 Å². The normalized spacial score (nSPS) is 32.2. The van der Waals surface area contributed by atoms with Gasteiger partial charge in [0.05, 0.1) is 0 Å². The molecule has 1 saturated heterocycles. The predicted molar refractivity (Wildman–Crippen MR) is 132 cm³/mol. The lowest BCUT2D eigenvalue weighted by molar-refractivity contribution is -0.124. The van der Waals surface area contributed by atoms with Crippen LogP contribution in [0, 0.1) is 29.1 Å². The maximum atomic E-state index is 13.4. The van der Waals surface area contributed by atoms with E-state index in [9.17, 15) is 9.59 Å². The van der Waals surface area contributed by atoms with Gasteiger partial charge in [-0.1, -0.05) is 6.07 Å². The second-order valence-corrected chi connectivity index (χ2v) is 11.8. The van der Waals surface area contributed by atoms with Gasteiger partial charge in [-0.05, 0) is 119 Å². The zero-order chi connectivity index (χ0) is 22.6. The molecule has 1 atom stereocenters. The first-order valence-corrected chi connectivity index (χ1v) is 13.1. The largest absolute Gasteiger partial charge is 0.325 e. The third-order valence-corrected chi connectivity index (χ3v) is 9.45. The fraction of sp³-hybridized carbons (Fsp3) is 0.643. The van der Waals surface area contributed by atoms with Crippen molar-refractivity contribution in [1.29, 1.82) is 0 Å². The number of hydrogen-bond donors (Lipinski definition) is 2. The third kappa shape index (κ3) is 3.92. The molecule has 1 aromatic carbocycles. The van der Waals surface area contributed by atoms with E-state index in [0.717, 1.165) is 54.8 Å². The van der Waals surface area contributed by atoms with Crippen molar-refractivity contribution in [2.45, 2.75) is 70.8 Å². The zero-order valence-corrected chi connectivity index (χ0v) is 19.8. The number of benzene rings is 1. The minimum atomic E-state index is 0.0516. The summed E-state index contributed by atoms with van der Waals surface area (Å²) in [4.78, 5) is 26.6. The average molecular weight is 448 g/mol. The summed E-state index contributed by atoms with van der Waals surface area (Å²) in [6.45, 7) is 4.22. The number of pyridine rings is 1. The van der Waals surface area contributed by atoms with Gasteiger partial charge in [-0.25, -0.2) is 0 Å². The number of nitrogens with one attached hydrogen (secondary N) is 2. The lowest BCUT2D eigenvalue weighted by Crippen LogP contribution is -2.47. The molecular formula is C28H37N3O2. The van der Waals surface area contributed by atoms with E-state index in [1.165, 1.54) is 38.5 Å². The van der Waals surface area contributed by atoms with Gasteiger partial charge in [0, 0.05) is 35.1 Å². The fourth-order valence-corrected chi connectivity index (χ4v) is 8.32. The Labute approximate surface area is 196 Å². The summed E-state index contributed by atoms with van der Waals surface area (Å²) in [5.74, 6) is 3.19. The summed E-state index contributed by atoms with van der Waals surface area (Å²) < 4.78 is 1.90. The number of piperidine rings is 1. The van der Waals surface area contributed by atoms with Gasteiger partial charge in [0.1, 0.15) is 0 Å². The number of rotatable bonds is 5. The Bertz CT molecular complexity index is 1080. The van der Waals surface area contributed by atoms with Crippen molar-refractivity contribution >= 4 is 22.4 Å². The molecule has 4 saturated carbocycles. The summed E-state index contributed by atoms with van der Waals surface area (Å²) in [6, 6.07) is 7.95. The first kappa shape index (κ1) is 21.4. The van der Waals surface area contributed by atoms with E-state index in [1.807, 2.05) is 35.0 Å². The monoisotopic (exact) mass is 447 g/mol. The predicted octanol–water partition coefficient (Wildman–Crippen LogP) is 5.11. The van der Waals surface area contributed by atoms with Crippen molar-refractivity contribution in [3.05, 3.63) is 40.8 Å². The molecule has 5 aliphatic rings. The number of nitrogens with zero attached hydrogens (tertiary/aromatic N) is 1. The van der Waals surface area contributed by atoms with E-state index < -0.39 is 0 Å². The molecule has 0 spiro atoms.